The maximum atomic E-state index is 13.2. The van der Waals surface area contributed by atoms with Crippen LogP contribution in [0, 0.1) is 5.41 Å². The molecule has 1 spiro atoms. The van der Waals surface area contributed by atoms with Crippen LogP contribution in [0.2, 0.25) is 0 Å². The second-order valence-electron chi connectivity index (χ2n) is 9.96. The lowest BCUT2D eigenvalue weighted by Gasteiger charge is -2.40. The third-order valence-electron chi connectivity index (χ3n) is 7.26. The summed E-state index contributed by atoms with van der Waals surface area (Å²) in [6.07, 6.45) is 3.19. The van der Waals surface area contributed by atoms with Crippen molar-refractivity contribution >= 4 is 5.91 Å². The second-order valence-corrected chi connectivity index (χ2v) is 9.96. The van der Waals surface area contributed by atoms with Crippen molar-refractivity contribution in [1.29, 1.82) is 0 Å². The summed E-state index contributed by atoms with van der Waals surface area (Å²) in [7, 11) is 2.98. The van der Waals surface area contributed by atoms with Crippen LogP contribution in [0.25, 0.3) is 0 Å². The Morgan fingerprint density at radius 1 is 1.00 bits per heavy atom. The van der Waals surface area contributed by atoms with Crippen LogP contribution in [-0.2, 0) is 20.6 Å². The number of likely N-dealkylation sites (tertiary alicyclic amines) is 2. The summed E-state index contributed by atoms with van der Waals surface area (Å²) < 4.78 is 2.30. The van der Waals surface area contributed by atoms with Crippen molar-refractivity contribution in [2.45, 2.75) is 45.6 Å². The number of aromatic nitrogens is 2. The molecule has 2 fully saturated rings. The molecule has 4 rings (SSSR count). The van der Waals surface area contributed by atoms with Gasteiger partial charge in [-0.25, -0.2) is 4.79 Å². The van der Waals surface area contributed by atoms with Gasteiger partial charge in [-0.1, -0.05) is 38.1 Å². The first-order valence-corrected chi connectivity index (χ1v) is 11.6. The average Bonchev–Trinajstić information content (AvgIpc) is 3.17. The summed E-state index contributed by atoms with van der Waals surface area (Å²) in [5.74, 6) is 0.314. The van der Waals surface area contributed by atoms with Gasteiger partial charge >= 0.3 is 5.69 Å². The molecule has 3 heterocycles. The summed E-state index contributed by atoms with van der Waals surface area (Å²) in [5.41, 5.74) is 2.03. The van der Waals surface area contributed by atoms with E-state index in [1.807, 2.05) is 4.90 Å². The van der Waals surface area contributed by atoms with Crippen LogP contribution in [0.4, 0.5) is 0 Å². The van der Waals surface area contributed by atoms with Gasteiger partial charge < -0.3 is 4.90 Å². The fourth-order valence-corrected chi connectivity index (χ4v) is 5.25. The number of carbonyl (C=O) groups excluding carboxylic acids is 1. The molecule has 0 saturated carbocycles. The van der Waals surface area contributed by atoms with Gasteiger partial charge in [0.1, 0.15) is 5.69 Å². The van der Waals surface area contributed by atoms with Crippen LogP contribution in [0.5, 0.6) is 0 Å². The van der Waals surface area contributed by atoms with E-state index in [-0.39, 0.29) is 17.0 Å². The van der Waals surface area contributed by atoms with E-state index in [0.717, 1.165) is 43.5 Å². The smallest absolute Gasteiger partial charge is 0.331 e. The minimum absolute atomic E-state index is 0.0877. The first kappa shape index (κ1) is 22.5. The zero-order chi connectivity index (χ0) is 23.0. The number of nitrogens with zero attached hydrogens (tertiary/aromatic N) is 4. The van der Waals surface area contributed by atoms with Crippen molar-refractivity contribution in [3.05, 3.63) is 68.0 Å². The molecule has 1 amide bonds. The van der Waals surface area contributed by atoms with Gasteiger partial charge in [-0.2, -0.15) is 0 Å². The van der Waals surface area contributed by atoms with E-state index >= 15 is 0 Å². The van der Waals surface area contributed by atoms with E-state index in [4.69, 9.17) is 0 Å². The molecule has 0 unspecified atom stereocenters. The van der Waals surface area contributed by atoms with E-state index in [0.29, 0.717) is 19.0 Å². The number of amides is 1. The lowest BCUT2D eigenvalue weighted by molar-refractivity contribution is 0.0666. The average molecular weight is 439 g/mol. The molecule has 2 aliphatic rings. The number of carbonyl (C=O) groups is 1. The Bertz CT molecular complexity index is 1120. The highest BCUT2D eigenvalue weighted by atomic mass is 16.2. The highest BCUT2D eigenvalue weighted by Gasteiger charge is 2.43. The van der Waals surface area contributed by atoms with E-state index in [1.54, 1.807) is 7.05 Å². The molecule has 172 valence electrons. The van der Waals surface area contributed by atoms with Crippen LogP contribution in [0.3, 0.4) is 0 Å². The maximum absolute atomic E-state index is 13.2. The number of rotatable bonds is 4. The Kier molecular flexibility index (Phi) is 6.12. The molecule has 7 nitrogen and oxygen atoms in total. The van der Waals surface area contributed by atoms with E-state index < -0.39 is 11.2 Å². The van der Waals surface area contributed by atoms with Gasteiger partial charge in [-0.3, -0.25) is 23.6 Å². The number of piperidine rings is 1. The molecule has 1 aromatic carbocycles. The summed E-state index contributed by atoms with van der Waals surface area (Å²) in [4.78, 5) is 41.8. The lowest BCUT2D eigenvalue weighted by Crippen LogP contribution is -2.46. The zero-order valence-corrected chi connectivity index (χ0v) is 19.6. The Hall–Kier alpha value is -2.67. The Morgan fingerprint density at radius 3 is 2.41 bits per heavy atom. The van der Waals surface area contributed by atoms with E-state index in [9.17, 15) is 14.4 Å². The predicted molar refractivity (Wildman–Crippen MR) is 125 cm³/mol. The molecule has 1 atom stereocenters. The molecule has 0 N–H and O–H groups in total. The standard InChI is InChI=1S/C25H34N4O3/c1-18(2)20-8-6-19(7-9-20)15-28-12-5-10-25(16-28)11-13-29(17-25)23(31)21-14-22(30)27(4)24(32)26(21)3/h6-9,14,18H,5,10-13,15-17H2,1-4H3/t25-/m0/s1. The molecule has 7 heteroatoms. The van der Waals surface area contributed by atoms with Gasteiger partial charge in [0, 0.05) is 51.8 Å². The fraction of sp³-hybridized carbons (Fsp3) is 0.560. The molecule has 2 aliphatic heterocycles. The first-order chi connectivity index (χ1) is 15.2. The van der Waals surface area contributed by atoms with Gasteiger partial charge in [-0.05, 0) is 42.9 Å². The molecule has 0 bridgehead atoms. The Morgan fingerprint density at radius 2 is 1.72 bits per heavy atom. The molecule has 1 aromatic heterocycles. The molecule has 2 saturated heterocycles. The van der Waals surface area contributed by atoms with Crippen LogP contribution in [-0.4, -0.2) is 51.0 Å². The minimum Gasteiger partial charge on any atom is -0.337 e. The van der Waals surface area contributed by atoms with Crippen molar-refractivity contribution in [1.82, 2.24) is 18.9 Å². The molecular formula is C25H34N4O3. The molecule has 0 radical (unpaired) electrons. The van der Waals surface area contributed by atoms with Gasteiger partial charge in [0.15, 0.2) is 0 Å². The molecule has 32 heavy (non-hydrogen) atoms. The lowest BCUT2D eigenvalue weighted by atomic mass is 9.79. The van der Waals surface area contributed by atoms with Gasteiger partial charge in [-0.15, -0.1) is 0 Å². The minimum atomic E-state index is -0.470. The summed E-state index contributed by atoms with van der Waals surface area (Å²) in [6.45, 7) is 8.74. The first-order valence-electron chi connectivity index (χ1n) is 11.6. The second kappa shape index (κ2) is 8.70. The van der Waals surface area contributed by atoms with E-state index in [2.05, 4.69) is 43.0 Å². The zero-order valence-electron chi connectivity index (χ0n) is 19.6. The van der Waals surface area contributed by atoms with Gasteiger partial charge in [0.05, 0.1) is 0 Å². The topological polar surface area (TPSA) is 67.6 Å². The van der Waals surface area contributed by atoms with Crippen LogP contribution >= 0.6 is 0 Å². The van der Waals surface area contributed by atoms with Gasteiger partial charge in [0.2, 0.25) is 0 Å². The largest absolute Gasteiger partial charge is 0.337 e. The monoisotopic (exact) mass is 438 g/mol. The van der Waals surface area contributed by atoms with Crippen LogP contribution in [0.15, 0.2) is 39.9 Å². The van der Waals surface area contributed by atoms with Crippen molar-refractivity contribution < 1.29 is 4.79 Å². The van der Waals surface area contributed by atoms with Crippen molar-refractivity contribution in [2.75, 3.05) is 26.2 Å². The maximum Gasteiger partial charge on any atom is 0.331 e. The summed E-state index contributed by atoms with van der Waals surface area (Å²) >= 11 is 0. The highest BCUT2D eigenvalue weighted by Crippen LogP contribution is 2.39. The normalized spacial score (nSPS) is 21.6. The predicted octanol–water partition coefficient (Wildman–Crippen LogP) is 2.34. The summed E-state index contributed by atoms with van der Waals surface area (Å²) in [5, 5.41) is 0. The third kappa shape index (κ3) is 4.31. The van der Waals surface area contributed by atoms with Crippen molar-refractivity contribution in [3.63, 3.8) is 0 Å². The van der Waals surface area contributed by atoms with Crippen molar-refractivity contribution in [2.24, 2.45) is 19.5 Å². The highest BCUT2D eigenvalue weighted by molar-refractivity contribution is 5.92. The van der Waals surface area contributed by atoms with E-state index in [1.165, 1.54) is 28.8 Å². The SMILES string of the molecule is CC(C)c1ccc(CN2CCC[C@]3(CCN(C(=O)c4cc(=O)n(C)c(=O)n4C)C3)C2)cc1. The number of hydrogen-bond acceptors (Lipinski definition) is 4. The van der Waals surface area contributed by atoms with Crippen molar-refractivity contribution in [3.8, 4) is 0 Å². The molecular weight excluding hydrogens is 404 g/mol. The van der Waals surface area contributed by atoms with Crippen LogP contribution in [0.1, 0.15) is 60.6 Å². The Labute approximate surface area is 189 Å². The number of benzene rings is 1. The van der Waals surface area contributed by atoms with Crippen LogP contribution < -0.4 is 11.2 Å². The number of hydrogen-bond donors (Lipinski definition) is 0. The quantitative estimate of drug-likeness (QED) is 0.735. The summed E-state index contributed by atoms with van der Waals surface area (Å²) in [6, 6.07) is 10.2. The molecule has 0 aliphatic carbocycles. The fourth-order valence-electron chi connectivity index (χ4n) is 5.25. The Balaban J connectivity index is 1.45. The van der Waals surface area contributed by atoms with Gasteiger partial charge in [0.25, 0.3) is 11.5 Å². The third-order valence-corrected chi connectivity index (χ3v) is 7.26. The molecule has 2 aromatic rings.